The van der Waals surface area contributed by atoms with Crippen LogP contribution >= 0.6 is 15.9 Å². The molecule has 0 saturated carbocycles. The van der Waals surface area contributed by atoms with Crippen molar-refractivity contribution in [1.29, 1.82) is 0 Å². The summed E-state index contributed by atoms with van der Waals surface area (Å²) in [5.41, 5.74) is 4.91. The molecule has 0 bridgehead atoms. The van der Waals surface area contributed by atoms with Gasteiger partial charge in [0.25, 0.3) is 5.91 Å². The average Bonchev–Trinajstić information content (AvgIpc) is 3.28. The maximum absolute atomic E-state index is 12.6. The molecule has 0 saturated heterocycles. The monoisotopic (exact) mass is 474 g/mol. The zero-order valence-corrected chi connectivity index (χ0v) is 18.1. The first-order valence-electron chi connectivity index (χ1n) is 9.64. The molecule has 1 aromatic heterocycles. The Morgan fingerprint density at radius 2 is 1.68 bits per heavy atom. The molecule has 1 heterocycles. The van der Waals surface area contributed by atoms with Crippen LogP contribution in [0.5, 0.6) is 5.75 Å². The van der Waals surface area contributed by atoms with Gasteiger partial charge in [-0.1, -0.05) is 70.5 Å². The van der Waals surface area contributed by atoms with Crippen LogP contribution in [0.15, 0.2) is 105 Å². The summed E-state index contributed by atoms with van der Waals surface area (Å²) >= 11 is 3.42. The molecule has 6 heteroatoms. The summed E-state index contributed by atoms with van der Waals surface area (Å²) in [6.07, 6.45) is 1.47. The standard InChI is InChI=1S/C25H19BrN2O3/c26-20-12-10-19(11-13-20)23-15-14-21(31-23)16-27-28-25(29)22-8-4-5-9-24(22)30-17-18-6-2-1-3-7-18/h1-16H,17H2,(H,28,29). The highest BCUT2D eigenvalue weighted by molar-refractivity contribution is 9.10. The number of nitrogens with zero attached hydrogens (tertiary/aromatic N) is 1. The minimum absolute atomic E-state index is 0.361. The number of carbonyl (C=O) groups is 1. The molecule has 0 aliphatic rings. The van der Waals surface area contributed by atoms with Crippen LogP contribution in [0.1, 0.15) is 21.7 Å². The Morgan fingerprint density at radius 1 is 0.935 bits per heavy atom. The van der Waals surface area contributed by atoms with Crippen LogP contribution in [0.3, 0.4) is 0 Å². The second kappa shape index (κ2) is 9.91. The molecule has 0 aliphatic carbocycles. The molecule has 0 spiro atoms. The molecule has 1 N–H and O–H groups in total. The number of hydrogen-bond donors (Lipinski definition) is 1. The average molecular weight is 475 g/mol. The quantitative estimate of drug-likeness (QED) is 0.261. The lowest BCUT2D eigenvalue weighted by atomic mass is 10.2. The van der Waals surface area contributed by atoms with E-state index in [9.17, 15) is 4.79 Å². The Kier molecular flexibility index (Phi) is 6.59. The Labute approximate surface area is 188 Å². The smallest absolute Gasteiger partial charge is 0.275 e. The van der Waals surface area contributed by atoms with Crippen molar-refractivity contribution in [2.24, 2.45) is 5.10 Å². The van der Waals surface area contributed by atoms with E-state index in [1.54, 1.807) is 24.3 Å². The fourth-order valence-electron chi connectivity index (χ4n) is 2.92. The number of hydrogen-bond acceptors (Lipinski definition) is 4. The number of amides is 1. The summed E-state index contributed by atoms with van der Waals surface area (Å²) in [6, 6.07) is 28.3. The zero-order chi connectivity index (χ0) is 21.5. The first kappa shape index (κ1) is 20.6. The van der Waals surface area contributed by atoms with Gasteiger partial charge in [0, 0.05) is 10.0 Å². The number of ether oxygens (including phenoxy) is 1. The molecule has 4 rings (SSSR count). The maximum Gasteiger partial charge on any atom is 0.275 e. The van der Waals surface area contributed by atoms with Crippen LogP contribution in [-0.2, 0) is 6.61 Å². The Balaban J connectivity index is 1.39. The van der Waals surface area contributed by atoms with Gasteiger partial charge in [-0.15, -0.1) is 0 Å². The molecule has 4 aromatic rings. The van der Waals surface area contributed by atoms with Crippen LogP contribution in [0.2, 0.25) is 0 Å². The normalized spacial score (nSPS) is 10.9. The van der Waals surface area contributed by atoms with E-state index in [4.69, 9.17) is 9.15 Å². The van der Waals surface area contributed by atoms with Crippen molar-refractivity contribution < 1.29 is 13.9 Å². The summed E-state index contributed by atoms with van der Waals surface area (Å²) < 4.78 is 12.6. The second-order valence-corrected chi connectivity index (χ2v) is 7.59. The topological polar surface area (TPSA) is 63.8 Å². The van der Waals surface area contributed by atoms with E-state index in [-0.39, 0.29) is 5.91 Å². The minimum atomic E-state index is -0.361. The molecule has 0 unspecified atom stereocenters. The highest BCUT2D eigenvalue weighted by Gasteiger charge is 2.11. The van der Waals surface area contributed by atoms with Crippen molar-refractivity contribution in [3.8, 4) is 17.1 Å². The molecule has 0 radical (unpaired) electrons. The van der Waals surface area contributed by atoms with Crippen molar-refractivity contribution >= 4 is 28.1 Å². The number of nitrogens with one attached hydrogen (secondary N) is 1. The van der Waals surface area contributed by atoms with Crippen molar-refractivity contribution in [1.82, 2.24) is 5.43 Å². The predicted molar refractivity (Wildman–Crippen MR) is 124 cm³/mol. The number of halogens is 1. The predicted octanol–water partition coefficient (Wildman–Crippen LogP) is 6.05. The second-order valence-electron chi connectivity index (χ2n) is 6.68. The van der Waals surface area contributed by atoms with Crippen LogP contribution < -0.4 is 10.2 Å². The molecule has 0 aliphatic heterocycles. The Hall–Kier alpha value is -3.64. The van der Waals surface area contributed by atoms with Crippen LogP contribution in [0.4, 0.5) is 0 Å². The number of carbonyl (C=O) groups excluding carboxylic acids is 1. The number of rotatable bonds is 7. The van der Waals surface area contributed by atoms with Gasteiger partial charge in [-0.3, -0.25) is 4.79 Å². The summed E-state index contributed by atoms with van der Waals surface area (Å²) in [6.45, 7) is 0.375. The largest absolute Gasteiger partial charge is 0.488 e. The highest BCUT2D eigenvalue weighted by atomic mass is 79.9. The van der Waals surface area contributed by atoms with Crippen molar-refractivity contribution in [2.75, 3.05) is 0 Å². The molecular formula is C25H19BrN2O3. The summed E-state index contributed by atoms with van der Waals surface area (Å²) in [4.78, 5) is 12.6. The van der Waals surface area contributed by atoms with E-state index in [2.05, 4.69) is 26.5 Å². The Morgan fingerprint density at radius 3 is 2.48 bits per heavy atom. The van der Waals surface area contributed by atoms with Gasteiger partial charge in [-0.25, -0.2) is 5.43 Å². The van der Waals surface area contributed by atoms with Gasteiger partial charge in [-0.05, 0) is 42.0 Å². The third-order valence-corrected chi connectivity index (χ3v) is 5.01. The molecule has 0 atom stereocenters. The van der Waals surface area contributed by atoms with Gasteiger partial charge in [0.05, 0.1) is 11.8 Å². The van der Waals surface area contributed by atoms with Crippen LogP contribution in [-0.4, -0.2) is 12.1 Å². The van der Waals surface area contributed by atoms with Crippen molar-refractivity contribution in [2.45, 2.75) is 6.61 Å². The molecule has 1 amide bonds. The summed E-state index contributed by atoms with van der Waals surface area (Å²) in [5.74, 6) is 1.39. The first-order valence-corrected chi connectivity index (χ1v) is 10.4. The fourth-order valence-corrected chi connectivity index (χ4v) is 3.19. The zero-order valence-electron chi connectivity index (χ0n) is 16.5. The molecule has 0 fully saturated rings. The lowest BCUT2D eigenvalue weighted by molar-refractivity contribution is 0.0950. The molecule has 3 aromatic carbocycles. The van der Waals surface area contributed by atoms with Gasteiger partial charge in [0.1, 0.15) is 23.9 Å². The molecule has 154 valence electrons. The van der Waals surface area contributed by atoms with E-state index in [0.717, 1.165) is 21.4 Å². The number of benzene rings is 3. The Bertz CT molecular complexity index is 1180. The van der Waals surface area contributed by atoms with E-state index < -0.39 is 0 Å². The lowest BCUT2D eigenvalue weighted by Crippen LogP contribution is -2.18. The highest BCUT2D eigenvalue weighted by Crippen LogP contribution is 2.23. The van der Waals surface area contributed by atoms with E-state index >= 15 is 0 Å². The van der Waals surface area contributed by atoms with Crippen LogP contribution in [0.25, 0.3) is 11.3 Å². The number of furan rings is 1. The lowest BCUT2D eigenvalue weighted by Gasteiger charge is -2.10. The van der Waals surface area contributed by atoms with Crippen LogP contribution in [0, 0.1) is 0 Å². The third-order valence-electron chi connectivity index (χ3n) is 4.48. The third kappa shape index (κ3) is 5.49. The SMILES string of the molecule is O=C(NN=Cc1ccc(-c2ccc(Br)cc2)o1)c1ccccc1OCc1ccccc1. The van der Waals surface area contributed by atoms with Crippen molar-refractivity contribution in [3.63, 3.8) is 0 Å². The van der Waals surface area contributed by atoms with E-state index in [0.29, 0.717) is 23.7 Å². The summed E-state index contributed by atoms with van der Waals surface area (Å²) in [7, 11) is 0. The van der Waals surface area contributed by atoms with Gasteiger partial charge >= 0.3 is 0 Å². The fraction of sp³-hybridized carbons (Fsp3) is 0.0400. The van der Waals surface area contributed by atoms with Gasteiger partial charge in [0.2, 0.25) is 0 Å². The molecule has 5 nitrogen and oxygen atoms in total. The van der Waals surface area contributed by atoms with Gasteiger partial charge in [-0.2, -0.15) is 5.10 Å². The number of para-hydroxylation sites is 1. The van der Waals surface area contributed by atoms with Gasteiger partial charge < -0.3 is 9.15 Å². The molecule has 31 heavy (non-hydrogen) atoms. The van der Waals surface area contributed by atoms with Crippen molar-refractivity contribution in [3.05, 3.63) is 112 Å². The van der Waals surface area contributed by atoms with E-state index in [1.807, 2.05) is 66.7 Å². The minimum Gasteiger partial charge on any atom is -0.488 e. The maximum atomic E-state index is 12.6. The summed E-state index contributed by atoms with van der Waals surface area (Å²) in [5, 5.41) is 4.02. The first-order chi connectivity index (χ1) is 15.2. The number of hydrazone groups is 1. The van der Waals surface area contributed by atoms with E-state index in [1.165, 1.54) is 6.21 Å². The van der Waals surface area contributed by atoms with Gasteiger partial charge in [0.15, 0.2) is 0 Å². The molecular weight excluding hydrogens is 456 g/mol.